The number of halogens is 1. The highest BCUT2D eigenvalue weighted by Gasteiger charge is 2.14. The normalized spacial score (nSPS) is 9.00. The maximum atomic E-state index is 8.67. The molecule has 1 rings (SSSR count). The van der Waals surface area contributed by atoms with Gasteiger partial charge < -0.3 is 10.2 Å². The number of rotatable bonds is 4. The summed E-state index contributed by atoms with van der Waals surface area (Å²) in [4.78, 5) is 9.61. The molecule has 0 aromatic carbocycles. The zero-order chi connectivity index (χ0) is 12.0. The Balaban J connectivity index is 3.10. The van der Waals surface area contributed by atoms with Gasteiger partial charge in [0.1, 0.15) is 35.5 Å². The molecule has 1 aromatic heterocycles. The van der Waals surface area contributed by atoms with Gasteiger partial charge in [0, 0.05) is 7.05 Å². The van der Waals surface area contributed by atoms with E-state index in [4.69, 9.17) is 10.5 Å². The lowest BCUT2D eigenvalue weighted by Gasteiger charge is -2.18. The number of nitriles is 2. The molecular weight excluding hydrogens is 272 g/mol. The second-order valence-electron chi connectivity index (χ2n) is 2.78. The predicted octanol–water partition coefficient (Wildman–Crippen LogP) is 1.13. The Morgan fingerprint density at radius 1 is 1.38 bits per heavy atom. The summed E-state index contributed by atoms with van der Waals surface area (Å²) in [6.07, 6.45) is 1.38. The number of hydrogen-bond donors (Lipinski definition) is 1. The number of hydrogen-bond acceptors (Lipinski definition) is 6. The number of aromatic nitrogens is 2. The smallest absolute Gasteiger partial charge is 0.150 e. The second kappa shape index (κ2) is 5.89. The molecule has 0 fully saturated rings. The van der Waals surface area contributed by atoms with Crippen LogP contribution in [0.2, 0.25) is 0 Å². The first-order valence-electron chi connectivity index (χ1n) is 4.41. The molecule has 1 N–H and O–H groups in total. The van der Waals surface area contributed by atoms with Crippen LogP contribution in [0.25, 0.3) is 0 Å². The molecule has 6 nitrogen and oxygen atoms in total. The maximum Gasteiger partial charge on any atom is 0.150 e. The molecule has 7 heteroatoms. The molecule has 0 atom stereocenters. The molecule has 0 spiro atoms. The first kappa shape index (κ1) is 12.2. The van der Waals surface area contributed by atoms with E-state index in [0.717, 1.165) is 0 Å². The fraction of sp³-hybridized carbons (Fsp3) is 0.333. The Morgan fingerprint density at radius 2 is 2.00 bits per heavy atom. The quantitative estimate of drug-likeness (QED) is 0.832. The topological polar surface area (TPSA) is 88.6 Å². The molecule has 0 amide bonds. The number of nitrogens with one attached hydrogen (secondary N) is 1. The van der Waals surface area contributed by atoms with Gasteiger partial charge in [0.15, 0.2) is 0 Å². The van der Waals surface area contributed by atoms with Gasteiger partial charge in [0.05, 0.1) is 12.1 Å². The van der Waals surface area contributed by atoms with Crippen molar-refractivity contribution < 1.29 is 0 Å². The average molecular weight is 281 g/mol. The third-order valence-corrected chi connectivity index (χ3v) is 2.56. The van der Waals surface area contributed by atoms with Crippen molar-refractivity contribution in [3.63, 3.8) is 0 Å². The molecule has 0 radical (unpaired) electrons. The van der Waals surface area contributed by atoms with Gasteiger partial charge in [-0.05, 0) is 15.9 Å². The summed E-state index contributed by atoms with van der Waals surface area (Å²) >= 11 is 3.33. The predicted molar refractivity (Wildman–Crippen MR) is 62.7 cm³/mol. The monoisotopic (exact) mass is 280 g/mol. The minimum atomic E-state index is 0.103. The first-order chi connectivity index (χ1) is 7.74. The van der Waals surface area contributed by atoms with Crippen LogP contribution in [-0.2, 0) is 0 Å². The molecule has 0 unspecified atom stereocenters. The van der Waals surface area contributed by atoms with Gasteiger partial charge in [-0.3, -0.25) is 0 Å². The first-order valence-corrected chi connectivity index (χ1v) is 5.21. The molecule has 0 saturated carbocycles. The van der Waals surface area contributed by atoms with E-state index in [1.54, 1.807) is 11.9 Å². The summed E-state index contributed by atoms with van der Waals surface area (Å²) in [5.74, 6) is 1.15. The van der Waals surface area contributed by atoms with Crippen LogP contribution >= 0.6 is 15.9 Å². The van der Waals surface area contributed by atoms with Crippen LogP contribution in [-0.4, -0.2) is 30.1 Å². The van der Waals surface area contributed by atoms with Gasteiger partial charge in [-0.2, -0.15) is 10.5 Å². The summed E-state index contributed by atoms with van der Waals surface area (Å²) < 4.78 is 0.642. The van der Waals surface area contributed by atoms with Crippen molar-refractivity contribution in [3.8, 4) is 12.1 Å². The average Bonchev–Trinajstić information content (AvgIpc) is 2.29. The van der Waals surface area contributed by atoms with Crippen LogP contribution in [0.15, 0.2) is 10.8 Å². The molecule has 16 heavy (non-hydrogen) atoms. The minimum Gasteiger partial charge on any atom is -0.372 e. The second-order valence-corrected chi connectivity index (χ2v) is 3.58. The number of nitrogens with zero attached hydrogens (tertiary/aromatic N) is 5. The third-order valence-electron chi connectivity index (χ3n) is 1.83. The van der Waals surface area contributed by atoms with E-state index in [1.807, 2.05) is 12.1 Å². The summed E-state index contributed by atoms with van der Waals surface area (Å²) in [6.45, 7) is 0.207. The minimum absolute atomic E-state index is 0.103. The highest BCUT2D eigenvalue weighted by Crippen LogP contribution is 2.28. The van der Waals surface area contributed by atoms with Crippen LogP contribution in [0.3, 0.4) is 0 Å². The van der Waals surface area contributed by atoms with Crippen molar-refractivity contribution >= 4 is 27.6 Å². The van der Waals surface area contributed by atoms with Gasteiger partial charge in [0.25, 0.3) is 0 Å². The highest BCUT2D eigenvalue weighted by molar-refractivity contribution is 9.10. The van der Waals surface area contributed by atoms with Crippen molar-refractivity contribution in [1.82, 2.24) is 9.97 Å². The van der Waals surface area contributed by atoms with Crippen molar-refractivity contribution in [2.45, 2.75) is 0 Å². The molecule has 82 valence electrons. The van der Waals surface area contributed by atoms with E-state index in [2.05, 4.69) is 31.2 Å². The molecule has 1 aromatic rings. The molecule has 0 saturated heterocycles. The molecule has 0 bridgehead atoms. The van der Waals surface area contributed by atoms with E-state index < -0.39 is 0 Å². The van der Waals surface area contributed by atoms with E-state index in [-0.39, 0.29) is 13.1 Å². The Labute approximate surface area is 102 Å². The van der Waals surface area contributed by atoms with Crippen LogP contribution in [0.4, 0.5) is 11.6 Å². The zero-order valence-electron chi connectivity index (χ0n) is 8.61. The number of anilines is 2. The fourth-order valence-corrected chi connectivity index (χ4v) is 1.79. The summed E-state index contributed by atoms with van der Waals surface area (Å²) in [7, 11) is 1.73. The van der Waals surface area contributed by atoms with Crippen LogP contribution in [0.5, 0.6) is 0 Å². The van der Waals surface area contributed by atoms with Crippen molar-refractivity contribution in [1.29, 1.82) is 10.5 Å². The van der Waals surface area contributed by atoms with Gasteiger partial charge >= 0.3 is 0 Å². The summed E-state index contributed by atoms with van der Waals surface area (Å²) in [5.41, 5.74) is 0. The Kier molecular flexibility index (Phi) is 4.49. The van der Waals surface area contributed by atoms with E-state index in [0.29, 0.717) is 16.1 Å². The summed E-state index contributed by atoms with van der Waals surface area (Å²) in [5, 5.41) is 20.2. The van der Waals surface area contributed by atoms with Crippen molar-refractivity contribution in [2.75, 3.05) is 30.4 Å². The molecule has 1 heterocycles. The van der Waals surface area contributed by atoms with Gasteiger partial charge in [0.2, 0.25) is 0 Å². The third kappa shape index (κ3) is 2.59. The standard InChI is InChI=1S/C9H9BrN6/c1-13-8-7(10)9(15-6-14-8)16(4-2-11)5-3-12/h6H,4-5H2,1H3,(H,13,14,15). The molecule has 0 aliphatic rings. The lowest BCUT2D eigenvalue weighted by Crippen LogP contribution is -2.25. The lowest BCUT2D eigenvalue weighted by molar-refractivity contribution is 0.920. The van der Waals surface area contributed by atoms with Gasteiger partial charge in [-0.15, -0.1) is 0 Å². The highest BCUT2D eigenvalue weighted by atomic mass is 79.9. The summed E-state index contributed by atoms with van der Waals surface area (Å²) in [6, 6.07) is 3.98. The lowest BCUT2D eigenvalue weighted by atomic mass is 10.4. The Morgan fingerprint density at radius 3 is 2.50 bits per heavy atom. The van der Waals surface area contributed by atoms with Gasteiger partial charge in [-0.1, -0.05) is 0 Å². The van der Waals surface area contributed by atoms with Gasteiger partial charge in [-0.25, -0.2) is 9.97 Å². The molecule has 0 aliphatic heterocycles. The van der Waals surface area contributed by atoms with E-state index in [1.165, 1.54) is 6.33 Å². The van der Waals surface area contributed by atoms with E-state index >= 15 is 0 Å². The SMILES string of the molecule is CNc1ncnc(N(CC#N)CC#N)c1Br. The van der Waals surface area contributed by atoms with Crippen molar-refractivity contribution in [3.05, 3.63) is 10.8 Å². The van der Waals surface area contributed by atoms with Crippen LogP contribution in [0, 0.1) is 22.7 Å². The Bertz CT molecular complexity index is 430. The maximum absolute atomic E-state index is 8.67. The molecular formula is C9H9BrN6. The molecule has 0 aliphatic carbocycles. The van der Waals surface area contributed by atoms with Crippen molar-refractivity contribution in [2.24, 2.45) is 0 Å². The Hall–Kier alpha value is -1.86. The van der Waals surface area contributed by atoms with Crippen LogP contribution in [0.1, 0.15) is 0 Å². The zero-order valence-corrected chi connectivity index (χ0v) is 10.2. The largest absolute Gasteiger partial charge is 0.372 e. The van der Waals surface area contributed by atoms with Crippen LogP contribution < -0.4 is 10.2 Å². The van der Waals surface area contributed by atoms with E-state index in [9.17, 15) is 0 Å². The fourth-order valence-electron chi connectivity index (χ4n) is 1.13.